The topological polar surface area (TPSA) is 78.5 Å². The van der Waals surface area contributed by atoms with Crippen LogP contribution in [0.2, 0.25) is 10.0 Å². The minimum absolute atomic E-state index is 0.137. The van der Waals surface area contributed by atoms with Gasteiger partial charge in [0.2, 0.25) is 11.8 Å². The lowest BCUT2D eigenvalue weighted by molar-refractivity contribution is -0.123. The van der Waals surface area contributed by atoms with E-state index < -0.39 is 11.3 Å². The molecule has 1 aromatic heterocycles. The molecule has 2 rings (SSSR count). The number of carbonyl (C=O) groups excluding carboxylic acids is 3. The highest BCUT2D eigenvalue weighted by atomic mass is 35.5. The number of rotatable bonds is 5. The van der Waals surface area contributed by atoms with Gasteiger partial charge in [-0.15, -0.1) is 11.3 Å². The van der Waals surface area contributed by atoms with Gasteiger partial charge in [0, 0.05) is 12.5 Å². The lowest BCUT2D eigenvalue weighted by atomic mass is 9.96. The lowest BCUT2D eigenvalue weighted by Crippen LogP contribution is -2.34. The maximum atomic E-state index is 12.8. The summed E-state index contributed by atoms with van der Waals surface area (Å²) in [4.78, 5) is 39.0. The van der Waals surface area contributed by atoms with Gasteiger partial charge in [-0.05, 0) is 30.7 Å². The normalized spacial score (nSPS) is 11.1. The highest BCUT2D eigenvalue weighted by Gasteiger charge is 2.24. The Kier molecular flexibility index (Phi) is 7.32. The zero-order valence-corrected chi connectivity index (χ0v) is 19.2. The predicted molar refractivity (Wildman–Crippen MR) is 119 cm³/mol. The Labute approximate surface area is 184 Å². The molecular weight excluding hydrogens is 433 g/mol. The monoisotopic (exact) mass is 455 g/mol. The van der Waals surface area contributed by atoms with Crippen molar-refractivity contribution >= 4 is 62.9 Å². The minimum atomic E-state index is -0.545. The van der Waals surface area contributed by atoms with Crippen LogP contribution in [0.5, 0.6) is 0 Å². The number of hydrogen-bond acceptors (Lipinski definition) is 4. The van der Waals surface area contributed by atoms with Gasteiger partial charge < -0.3 is 15.5 Å². The molecule has 1 aromatic carbocycles. The van der Waals surface area contributed by atoms with E-state index in [0.717, 1.165) is 5.56 Å². The zero-order chi connectivity index (χ0) is 21.9. The van der Waals surface area contributed by atoms with Crippen LogP contribution in [0.15, 0.2) is 24.3 Å². The number of carbonyl (C=O) groups is 3. The standard InChI is InChI=1S/C20H23Cl2N3O3S/c1-11-9-15(24-19(28)20(2,3)4)29-17(11)18(27)25(5)10-14(26)23-16-12(21)7-6-8-13(16)22/h6-9H,10H2,1-5H3,(H,23,26)(H,24,28). The molecular formula is C20H23Cl2N3O3S. The molecule has 0 aliphatic carbocycles. The Bertz CT molecular complexity index is 931. The van der Waals surface area contributed by atoms with E-state index in [1.165, 1.54) is 23.3 Å². The highest BCUT2D eigenvalue weighted by Crippen LogP contribution is 2.31. The van der Waals surface area contributed by atoms with Crippen molar-refractivity contribution in [3.8, 4) is 0 Å². The lowest BCUT2D eigenvalue weighted by Gasteiger charge is -2.17. The molecule has 2 N–H and O–H groups in total. The van der Waals surface area contributed by atoms with E-state index in [1.807, 2.05) is 20.8 Å². The Morgan fingerprint density at radius 1 is 1.10 bits per heavy atom. The summed E-state index contributed by atoms with van der Waals surface area (Å²) in [7, 11) is 1.53. The summed E-state index contributed by atoms with van der Waals surface area (Å²) in [6.07, 6.45) is 0. The SMILES string of the molecule is Cc1cc(NC(=O)C(C)(C)C)sc1C(=O)N(C)CC(=O)Nc1c(Cl)cccc1Cl. The second kappa shape index (κ2) is 9.15. The van der Waals surface area contributed by atoms with Crippen LogP contribution in [0.4, 0.5) is 10.7 Å². The largest absolute Gasteiger partial charge is 0.332 e. The van der Waals surface area contributed by atoms with E-state index in [4.69, 9.17) is 23.2 Å². The van der Waals surface area contributed by atoms with Crippen LogP contribution in [-0.4, -0.2) is 36.2 Å². The fourth-order valence-corrected chi connectivity index (χ4v) is 3.87. The third-order valence-electron chi connectivity index (χ3n) is 3.98. The van der Waals surface area contributed by atoms with Gasteiger partial charge in [0.05, 0.1) is 32.2 Å². The van der Waals surface area contributed by atoms with Gasteiger partial charge in [0.25, 0.3) is 5.91 Å². The van der Waals surface area contributed by atoms with E-state index in [2.05, 4.69) is 10.6 Å². The van der Waals surface area contributed by atoms with Crippen molar-refractivity contribution in [3.63, 3.8) is 0 Å². The number of likely N-dealkylation sites (N-methyl/N-ethyl adjacent to an activating group) is 1. The second-order valence-corrected chi connectivity index (χ2v) is 9.50. The third-order valence-corrected chi connectivity index (χ3v) is 5.76. The first-order valence-electron chi connectivity index (χ1n) is 8.81. The number of aryl methyl sites for hydroxylation is 1. The van der Waals surface area contributed by atoms with Crippen LogP contribution in [0.25, 0.3) is 0 Å². The van der Waals surface area contributed by atoms with Gasteiger partial charge in [-0.2, -0.15) is 0 Å². The van der Waals surface area contributed by atoms with Crippen molar-refractivity contribution in [2.24, 2.45) is 5.41 Å². The fourth-order valence-electron chi connectivity index (χ4n) is 2.31. The molecule has 156 valence electrons. The summed E-state index contributed by atoms with van der Waals surface area (Å²) in [6.45, 7) is 7.04. The molecule has 2 aromatic rings. The van der Waals surface area contributed by atoms with E-state index in [0.29, 0.717) is 25.6 Å². The maximum absolute atomic E-state index is 12.8. The zero-order valence-electron chi connectivity index (χ0n) is 16.9. The van der Waals surface area contributed by atoms with E-state index in [9.17, 15) is 14.4 Å². The number of thiophene rings is 1. The maximum Gasteiger partial charge on any atom is 0.264 e. The van der Waals surface area contributed by atoms with Crippen LogP contribution in [0.1, 0.15) is 36.0 Å². The van der Waals surface area contributed by atoms with Crippen LogP contribution in [0.3, 0.4) is 0 Å². The Balaban J connectivity index is 2.06. The Morgan fingerprint density at radius 2 is 1.69 bits per heavy atom. The van der Waals surface area contributed by atoms with Gasteiger partial charge in [0.15, 0.2) is 0 Å². The number of para-hydroxylation sites is 1. The third kappa shape index (κ3) is 5.95. The molecule has 0 atom stereocenters. The van der Waals surface area contributed by atoms with Crippen molar-refractivity contribution in [3.05, 3.63) is 44.8 Å². The van der Waals surface area contributed by atoms with Crippen LogP contribution in [0, 0.1) is 12.3 Å². The van der Waals surface area contributed by atoms with E-state index in [-0.39, 0.29) is 18.4 Å². The molecule has 6 nitrogen and oxygen atoms in total. The summed E-state index contributed by atoms with van der Waals surface area (Å²) in [5.41, 5.74) is 0.489. The smallest absolute Gasteiger partial charge is 0.264 e. The van der Waals surface area contributed by atoms with Gasteiger partial charge in [0.1, 0.15) is 0 Å². The van der Waals surface area contributed by atoms with Crippen LogP contribution < -0.4 is 10.6 Å². The molecule has 0 saturated heterocycles. The number of nitrogens with zero attached hydrogens (tertiary/aromatic N) is 1. The second-order valence-electron chi connectivity index (χ2n) is 7.63. The summed E-state index contributed by atoms with van der Waals surface area (Å²) >= 11 is 13.3. The number of anilines is 2. The van der Waals surface area contributed by atoms with Gasteiger partial charge >= 0.3 is 0 Å². The molecule has 0 aliphatic heterocycles. The van der Waals surface area contributed by atoms with Crippen molar-refractivity contribution < 1.29 is 14.4 Å². The molecule has 0 radical (unpaired) electrons. The molecule has 1 heterocycles. The molecule has 0 bridgehead atoms. The molecule has 0 saturated carbocycles. The molecule has 9 heteroatoms. The van der Waals surface area contributed by atoms with E-state index in [1.54, 1.807) is 31.2 Å². The quantitative estimate of drug-likeness (QED) is 0.660. The molecule has 0 aliphatic rings. The predicted octanol–water partition coefficient (Wildman–Crippen LogP) is 5.06. The number of hydrogen-bond donors (Lipinski definition) is 2. The minimum Gasteiger partial charge on any atom is -0.332 e. The van der Waals surface area contributed by atoms with Gasteiger partial charge in [-0.25, -0.2) is 0 Å². The van der Waals surface area contributed by atoms with Gasteiger partial charge in [-0.1, -0.05) is 50.0 Å². The first-order chi connectivity index (χ1) is 13.4. The number of halogens is 2. The molecule has 0 fully saturated rings. The van der Waals surface area contributed by atoms with Crippen LogP contribution >= 0.6 is 34.5 Å². The molecule has 0 unspecified atom stereocenters. The first-order valence-corrected chi connectivity index (χ1v) is 10.4. The van der Waals surface area contributed by atoms with Crippen molar-refractivity contribution in [1.82, 2.24) is 4.90 Å². The van der Waals surface area contributed by atoms with Crippen molar-refractivity contribution in [1.29, 1.82) is 0 Å². The van der Waals surface area contributed by atoms with Crippen LogP contribution in [-0.2, 0) is 9.59 Å². The van der Waals surface area contributed by atoms with Crippen molar-refractivity contribution in [2.45, 2.75) is 27.7 Å². The average molecular weight is 456 g/mol. The summed E-state index contributed by atoms with van der Waals surface area (Å²) < 4.78 is 0. The average Bonchev–Trinajstić information content (AvgIpc) is 2.96. The van der Waals surface area contributed by atoms with Gasteiger partial charge in [-0.3, -0.25) is 14.4 Å². The summed E-state index contributed by atoms with van der Waals surface area (Å²) in [5, 5.41) is 6.67. The van der Waals surface area contributed by atoms with Crippen molar-refractivity contribution in [2.75, 3.05) is 24.2 Å². The summed E-state index contributed by atoms with van der Waals surface area (Å²) in [6, 6.07) is 6.64. The number of nitrogens with one attached hydrogen (secondary N) is 2. The molecule has 29 heavy (non-hydrogen) atoms. The molecule has 3 amide bonds. The fraction of sp³-hybridized carbons (Fsp3) is 0.350. The molecule has 0 spiro atoms. The van der Waals surface area contributed by atoms with E-state index >= 15 is 0 Å². The number of amides is 3. The Hall–Kier alpha value is -2.09. The first kappa shape index (κ1) is 23.2. The summed E-state index contributed by atoms with van der Waals surface area (Å²) in [5.74, 6) is -0.877. The highest BCUT2D eigenvalue weighted by molar-refractivity contribution is 7.18. The number of benzene rings is 1. The Morgan fingerprint density at radius 3 is 2.24 bits per heavy atom.